The highest BCUT2D eigenvalue weighted by atomic mass is 35.5. The molecule has 2 fully saturated rings. The van der Waals surface area contributed by atoms with E-state index in [9.17, 15) is 19.6 Å². The zero-order valence-corrected chi connectivity index (χ0v) is 26.6. The van der Waals surface area contributed by atoms with E-state index < -0.39 is 22.5 Å². The quantitative estimate of drug-likeness (QED) is 0.259. The van der Waals surface area contributed by atoms with Gasteiger partial charge < -0.3 is 10.6 Å². The fraction of sp³-hybridized carbons (Fsp3) is 0.294. The molecule has 1 aliphatic heterocycles. The zero-order chi connectivity index (χ0) is 32.4. The Kier molecular flexibility index (Phi) is 6.96. The fourth-order valence-electron chi connectivity index (χ4n) is 6.20. The van der Waals surface area contributed by atoms with Gasteiger partial charge in [0.1, 0.15) is 16.8 Å². The van der Waals surface area contributed by atoms with Gasteiger partial charge in [-0.25, -0.2) is 9.88 Å². The molecule has 0 radical (unpaired) electrons. The predicted molar refractivity (Wildman–Crippen MR) is 172 cm³/mol. The maximum atomic E-state index is 14.3. The second-order valence-corrected chi connectivity index (χ2v) is 13.5. The summed E-state index contributed by atoms with van der Waals surface area (Å²) in [5.74, 6) is -0.892. The largest absolute Gasteiger partial charge is 0.343 e. The van der Waals surface area contributed by atoms with Gasteiger partial charge in [0, 0.05) is 22.7 Å². The first kappa shape index (κ1) is 30.0. The number of rotatable bonds is 8. The van der Waals surface area contributed by atoms with Gasteiger partial charge in [0.2, 0.25) is 11.9 Å². The first-order valence-electron chi connectivity index (χ1n) is 14.9. The third-order valence-electron chi connectivity index (χ3n) is 9.11. The van der Waals surface area contributed by atoms with E-state index in [4.69, 9.17) is 23.2 Å². The summed E-state index contributed by atoms with van der Waals surface area (Å²) in [6.07, 6.45) is 5.91. The molecule has 2 N–H and O–H groups in total. The van der Waals surface area contributed by atoms with Crippen LogP contribution in [-0.2, 0) is 27.1 Å². The van der Waals surface area contributed by atoms with Crippen molar-refractivity contribution < 1.29 is 14.4 Å². The number of fused-ring (bicyclic) bond motifs is 1. The van der Waals surface area contributed by atoms with Gasteiger partial charge in [-0.15, -0.1) is 0 Å². The van der Waals surface area contributed by atoms with E-state index in [1.807, 2.05) is 19.1 Å². The second-order valence-electron chi connectivity index (χ2n) is 12.6. The Labute approximate surface area is 275 Å². The van der Waals surface area contributed by atoms with E-state index in [0.717, 1.165) is 29.7 Å². The summed E-state index contributed by atoms with van der Waals surface area (Å²) < 4.78 is 1.62. The first-order chi connectivity index (χ1) is 22.0. The number of nitrogens with zero attached hydrogens (tertiary/aromatic N) is 5. The van der Waals surface area contributed by atoms with Crippen LogP contribution >= 0.6 is 23.2 Å². The monoisotopic (exact) mass is 653 g/mol. The zero-order valence-electron chi connectivity index (χ0n) is 25.1. The van der Waals surface area contributed by atoms with Crippen LogP contribution in [0, 0.1) is 18.3 Å². The smallest absolute Gasteiger partial charge is 0.270 e. The van der Waals surface area contributed by atoms with Crippen molar-refractivity contribution in [1.29, 1.82) is 5.26 Å². The molecule has 2 aromatic heterocycles. The van der Waals surface area contributed by atoms with Crippen molar-refractivity contribution >= 4 is 52.6 Å². The Morgan fingerprint density at radius 3 is 2.24 bits per heavy atom. The van der Waals surface area contributed by atoms with Gasteiger partial charge in [0.15, 0.2) is 0 Å². The molecule has 3 amide bonds. The molecule has 46 heavy (non-hydrogen) atoms. The highest BCUT2D eigenvalue weighted by Gasteiger charge is 2.57. The van der Waals surface area contributed by atoms with Crippen LogP contribution < -0.4 is 15.5 Å². The highest BCUT2D eigenvalue weighted by Crippen LogP contribution is 2.47. The Morgan fingerprint density at radius 2 is 1.65 bits per heavy atom. The molecule has 10 nitrogen and oxygen atoms in total. The fourth-order valence-corrected chi connectivity index (χ4v) is 6.71. The molecule has 12 heteroatoms. The molecule has 2 aromatic carbocycles. The maximum Gasteiger partial charge on any atom is 0.270 e. The summed E-state index contributed by atoms with van der Waals surface area (Å²) in [5, 5.41) is 16.1. The number of anilines is 2. The summed E-state index contributed by atoms with van der Waals surface area (Å²) >= 11 is 12.6. The van der Waals surface area contributed by atoms with E-state index in [-0.39, 0.29) is 29.9 Å². The van der Waals surface area contributed by atoms with Crippen molar-refractivity contribution in [2.24, 2.45) is 0 Å². The molecule has 4 aromatic rings. The average molecular weight is 655 g/mol. The molecule has 3 aliphatic rings. The lowest BCUT2D eigenvalue weighted by Crippen LogP contribution is -2.52. The Bertz CT molecular complexity index is 1940. The number of aromatic nitrogens is 3. The lowest BCUT2D eigenvalue weighted by atomic mass is 9.91. The van der Waals surface area contributed by atoms with E-state index >= 15 is 0 Å². The first-order valence-corrected chi connectivity index (χ1v) is 15.7. The van der Waals surface area contributed by atoms with Gasteiger partial charge >= 0.3 is 0 Å². The number of pyridine rings is 1. The van der Waals surface area contributed by atoms with Gasteiger partial charge in [0.05, 0.1) is 34.7 Å². The van der Waals surface area contributed by atoms with Crippen molar-refractivity contribution in [3.63, 3.8) is 0 Å². The van der Waals surface area contributed by atoms with Crippen LogP contribution in [0.15, 0.2) is 67.0 Å². The third kappa shape index (κ3) is 5.00. The van der Waals surface area contributed by atoms with Crippen molar-refractivity contribution in [1.82, 2.24) is 25.2 Å². The van der Waals surface area contributed by atoms with Crippen molar-refractivity contribution in [2.75, 3.05) is 4.90 Å². The molecule has 0 bridgehead atoms. The number of nitrogens with one attached hydrogen (secondary N) is 2. The van der Waals surface area contributed by atoms with Gasteiger partial charge in [-0.1, -0.05) is 41.4 Å². The molecule has 232 valence electrons. The minimum atomic E-state index is -1.30. The minimum Gasteiger partial charge on any atom is -0.343 e. The molecule has 7 rings (SSSR count). The number of carbonyl (C=O) groups is 3. The average Bonchev–Trinajstić information content (AvgIpc) is 3.92. The van der Waals surface area contributed by atoms with Gasteiger partial charge in [-0.05, 0) is 87.1 Å². The highest BCUT2D eigenvalue weighted by molar-refractivity contribution is 6.35. The van der Waals surface area contributed by atoms with Crippen LogP contribution in [0.3, 0.4) is 0 Å². The lowest BCUT2D eigenvalue weighted by Gasteiger charge is -2.27. The molecular weight excluding hydrogens is 625 g/mol. The molecular formula is C34H29Cl2N7O3. The van der Waals surface area contributed by atoms with Crippen molar-refractivity contribution in [3.05, 3.63) is 105 Å². The number of aryl methyl sites for hydroxylation is 1. The van der Waals surface area contributed by atoms with E-state index in [0.29, 0.717) is 34.1 Å². The maximum absolute atomic E-state index is 14.3. The van der Waals surface area contributed by atoms with Gasteiger partial charge in [0.25, 0.3) is 11.8 Å². The standard InChI is InChI=1S/C34H29Cl2N7O3/c1-20-3-8-27(38-18-20)33(9-10-33)41-29(45)34(11-12-34)40-28(44)26-19-39-31-42(25-14-23(35)13-24(36)15-25)30(46)32(2,43(26)31)16-21-4-6-22(17-37)7-5-21/h3-8,13-15,18-19H,9-12,16H2,1-2H3,(H,40,44)(H,41,45). The van der Waals surface area contributed by atoms with Crippen LogP contribution in [-0.4, -0.2) is 37.8 Å². The van der Waals surface area contributed by atoms with Crippen LogP contribution in [0.1, 0.15) is 65.5 Å². The molecule has 0 spiro atoms. The molecule has 2 aliphatic carbocycles. The van der Waals surface area contributed by atoms with Gasteiger partial charge in [-0.3, -0.25) is 23.9 Å². The number of benzene rings is 2. The number of carbonyl (C=O) groups excluding carboxylic acids is 3. The third-order valence-corrected chi connectivity index (χ3v) is 9.55. The molecule has 1 atom stereocenters. The molecule has 0 saturated heterocycles. The Balaban J connectivity index is 1.21. The summed E-state index contributed by atoms with van der Waals surface area (Å²) in [4.78, 5) is 52.5. The topological polar surface area (TPSA) is 133 Å². The molecule has 2 saturated carbocycles. The number of nitriles is 1. The van der Waals surface area contributed by atoms with Gasteiger partial charge in [-0.2, -0.15) is 5.26 Å². The summed E-state index contributed by atoms with van der Waals surface area (Å²) in [6.45, 7) is 3.70. The van der Waals surface area contributed by atoms with Crippen LogP contribution in [0.4, 0.5) is 11.6 Å². The van der Waals surface area contributed by atoms with E-state index in [1.165, 1.54) is 11.1 Å². The number of halogens is 2. The Hall–Kier alpha value is -4.72. The number of hydrogen-bond donors (Lipinski definition) is 2. The van der Waals surface area contributed by atoms with Crippen molar-refractivity contribution in [3.8, 4) is 6.07 Å². The number of hydrogen-bond acceptors (Lipinski definition) is 6. The molecule has 1 unspecified atom stereocenters. The second kappa shape index (κ2) is 10.7. The SMILES string of the molecule is Cc1ccc(C2(NC(=O)C3(NC(=O)c4cnc5n4C(C)(Cc4ccc(C#N)cc4)C(=O)N5c4cc(Cl)cc(Cl)c4)CC3)CC2)nc1. The molecule has 3 heterocycles. The predicted octanol–water partition coefficient (Wildman–Crippen LogP) is 5.47. The van der Waals surface area contributed by atoms with E-state index in [1.54, 1.807) is 60.2 Å². The summed E-state index contributed by atoms with van der Waals surface area (Å²) in [7, 11) is 0. The Morgan fingerprint density at radius 1 is 0.957 bits per heavy atom. The normalized spacial score (nSPS) is 20.1. The number of amides is 3. The minimum absolute atomic E-state index is 0.135. The lowest BCUT2D eigenvalue weighted by molar-refractivity contribution is -0.125. The van der Waals surface area contributed by atoms with Crippen molar-refractivity contribution in [2.45, 2.75) is 62.6 Å². The van der Waals surface area contributed by atoms with E-state index in [2.05, 4.69) is 26.7 Å². The summed E-state index contributed by atoms with van der Waals surface area (Å²) in [6, 6.07) is 17.7. The van der Waals surface area contributed by atoms with Crippen LogP contribution in [0.25, 0.3) is 0 Å². The van der Waals surface area contributed by atoms with Crippen LogP contribution in [0.2, 0.25) is 10.0 Å². The van der Waals surface area contributed by atoms with Crippen LogP contribution in [0.5, 0.6) is 0 Å². The number of imidazole rings is 1. The summed E-state index contributed by atoms with van der Waals surface area (Å²) in [5.41, 5.74) is 0.747.